The number of rotatable bonds is 7. The predicted octanol–water partition coefficient (Wildman–Crippen LogP) is 6.26. The maximum Gasteiger partial charge on any atom is 0.416 e. The Labute approximate surface area is 190 Å². The molecule has 0 aliphatic rings. The maximum absolute atomic E-state index is 14.0. The van der Waals surface area contributed by atoms with E-state index in [0.29, 0.717) is 30.3 Å². The van der Waals surface area contributed by atoms with Crippen LogP contribution < -0.4 is 9.46 Å². The zero-order valence-electron chi connectivity index (χ0n) is 16.4. The van der Waals surface area contributed by atoms with Crippen LogP contribution in [0.5, 0.6) is 6.01 Å². The standard InChI is InChI=1S/C19H11F7N4O3S/c20-13-8-27-17(28-16(13)29-34-15-4-2-1-3-14(15)30(31)32)33-9-10-5-11(18(21,22)23)7-12(6-10)19(24,25)26/h1-8H,9H2,(H,27,28,29). The molecule has 2 aromatic carbocycles. The normalized spacial score (nSPS) is 11.9. The highest BCUT2D eigenvalue weighted by Crippen LogP contribution is 2.36. The molecule has 0 aliphatic heterocycles. The van der Waals surface area contributed by atoms with E-state index in [0.717, 1.165) is 0 Å². The van der Waals surface area contributed by atoms with Crippen molar-refractivity contribution < 1.29 is 40.4 Å². The van der Waals surface area contributed by atoms with Gasteiger partial charge >= 0.3 is 18.4 Å². The lowest BCUT2D eigenvalue weighted by atomic mass is 10.1. The van der Waals surface area contributed by atoms with Crippen molar-refractivity contribution in [1.82, 2.24) is 9.97 Å². The van der Waals surface area contributed by atoms with E-state index in [-0.39, 0.29) is 16.6 Å². The van der Waals surface area contributed by atoms with E-state index in [1.807, 2.05) is 0 Å². The minimum atomic E-state index is -5.03. The van der Waals surface area contributed by atoms with Crippen molar-refractivity contribution in [2.75, 3.05) is 4.72 Å². The summed E-state index contributed by atoms with van der Waals surface area (Å²) in [5, 5.41) is 11.0. The number of nitro benzene ring substituents is 1. The summed E-state index contributed by atoms with van der Waals surface area (Å²) in [6.07, 6.45) is -9.41. The number of alkyl halides is 6. The second kappa shape index (κ2) is 9.70. The zero-order chi connectivity index (χ0) is 25.1. The Morgan fingerprint density at radius 3 is 2.24 bits per heavy atom. The van der Waals surface area contributed by atoms with E-state index in [1.54, 1.807) is 0 Å². The smallest absolute Gasteiger partial charge is 0.416 e. The molecule has 0 radical (unpaired) electrons. The highest BCUT2D eigenvalue weighted by Gasteiger charge is 2.37. The quantitative estimate of drug-likeness (QED) is 0.174. The van der Waals surface area contributed by atoms with Gasteiger partial charge in [0.15, 0.2) is 11.6 Å². The summed E-state index contributed by atoms with van der Waals surface area (Å²) in [7, 11) is 0. The molecule has 1 aromatic heterocycles. The van der Waals surface area contributed by atoms with E-state index in [4.69, 9.17) is 4.74 Å². The van der Waals surface area contributed by atoms with Crippen LogP contribution in [-0.2, 0) is 19.0 Å². The molecular weight excluding hydrogens is 497 g/mol. The summed E-state index contributed by atoms with van der Waals surface area (Å²) in [5.41, 5.74) is -3.79. The number of hydrogen-bond donors (Lipinski definition) is 1. The van der Waals surface area contributed by atoms with E-state index in [2.05, 4.69) is 14.7 Å². The predicted molar refractivity (Wildman–Crippen MR) is 105 cm³/mol. The summed E-state index contributed by atoms with van der Waals surface area (Å²) in [6, 6.07) is 5.91. The van der Waals surface area contributed by atoms with E-state index >= 15 is 0 Å². The van der Waals surface area contributed by atoms with Gasteiger partial charge in [0.25, 0.3) is 5.69 Å². The van der Waals surface area contributed by atoms with Gasteiger partial charge < -0.3 is 9.46 Å². The lowest BCUT2D eigenvalue weighted by Gasteiger charge is -2.14. The lowest BCUT2D eigenvalue weighted by Crippen LogP contribution is -2.12. The molecule has 0 saturated heterocycles. The average molecular weight is 508 g/mol. The second-order valence-corrected chi connectivity index (χ2v) is 7.33. The van der Waals surface area contributed by atoms with Crippen LogP contribution in [0.1, 0.15) is 16.7 Å². The average Bonchev–Trinajstić information content (AvgIpc) is 2.76. The first-order valence-electron chi connectivity index (χ1n) is 8.94. The Morgan fingerprint density at radius 2 is 1.65 bits per heavy atom. The van der Waals surface area contributed by atoms with Gasteiger partial charge in [0.1, 0.15) is 11.5 Å². The van der Waals surface area contributed by atoms with Gasteiger partial charge in [0.05, 0.1) is 22.2 Å². The van der Waals surface area contributed by atoms with Crippen molar-refractivity contribution in [3.8, 4) is 6.01 Å². The van der Waals surface area contributed by atoms with Crippen LogP contribution in [0.4, 0.5) is 42.2 Å². The number of nitro groups is 1. The van der Waals surface area contributed by atoms with Crippen molar-refractivity contribution >= 4 is 23.5 Å². The van der Waals surface area contributed by atoms with Crippen molar-refractivity contribution in [1.29, 1.82) is 0 Å². The van der Waals surface area contributed by atoms with E-state index < -0.39 is 58.2 Å². The molecule has 15 heteroatoms. The number of aromatic nitrogens is 2. The number of anilines is 1. The van der Waals surface area contributed by atoms with Gasteiger partial charge in [-0.1, -0.05) is 12.1 Å². The van der Waals surface area contributed by atoms with Crippen LogP contribution in [0.25, 0.3) is 0 Å². The molecule has 0 bridgehead atoms. The van der Waals surface area contributed by atoms with Crippen molar-refractivity contribution in [3.05, 3.63) is 81.3 Å². The number of benzene rings is 2. The monoisotopic (exact) mass is 508 g/mol. The molecule has 0 fully saturated rings. The number of halogens is 7. The van der Waals surface area contributed by atoms with Crippen LogP contribution >= 0.6 is 11.9 Å². The highest BCUT2D eigenvalue weighted by molar-refractivity contribution is 8.00. The number of hydrogen-bond acceptors (Lipinski definition) is 7. The Bertz CT molecular complexity index is 1170. The SMILES string of the molecule is O=[N+]([O-])c1ccccc1SNc1nc(OCc2cc(C(F)(F)F)cc(C(F)(F)F)c2)ncc1F. The molecule has 1 heterocycles. The summed E-state index contributed by atoms with van der Waals surface area (Å²) in [5.74, 6) is -1.47. The van der Waals surface area contributed by atoms with Crippen molar-refractivity contribution in [2.24, 2.45) is 0 Å². The lowest BCUT2D eigenvalue weighted by molar-refractivity contribution is -0.387. The van der Waals surface area contributed by atoms with Crippen LogP contribution in [0, 0.1) is 15.9 Å². The fourth-order valence-corrected chi connectivity index (χ4v) is 3.28. The molecular formula is C19H11F7N4O3S. The minimum Gasteiger partial charge on any atom is -0.459 e. The van der Waals surface area contributed by atoms with Crippen LogP contribution in [0.2, 0.25) is 0 Å². The Morgan fingerprint density at radius 1 is 1.03 bits per heavy atom. The van der Waals surface area contributed by atoms with E-state index in [9.17, 15) is 40.8 Å². The fourth-order valence-electron chi connectivity index (χ4n) is 2.54. The zero-order valence-corrected chi connectivity index (χ0v) is 17.3. The first-order valence-corrected chi connectivity index (χ1v) is 9.76. The van der Waals surface area contributed by atoms with Gasteiger partial charge in [0, 0.05) is 6.07 Å². The van der Waals surface area contributed by atoms with Gasteiger partial charge in [-0.3, -0.25) is 10.1 Å². The van der Waals surface area contributed by atoms with Gasteiger partial charge in [0.2, 0.25) is 0 Å². The summed E-state index contributed by atoms with van der Waals surface area (Å²) in [4.78, 5) is 17.7. The van der Waals surface area contributed by atoms with Crippen molar-refractivity contribution in [3.63, 3.8) is 0 Å². The molecule has 0 saturated carbocycles. The van der Waals surface area contributed by atoms with Crippen LogP contribution in [0.3, 0.4) is 0 Å². The molecule has 7 nitrogen and oxygen atoms in total. The summed E-state index contributed by atoms with van der Waals surface area (Å²) in [6.45, 7) is -0.782. The molecule has 0 spiro atoms. The van der Waals surface area contributed by atoms with Gasteiger partial charge in [-0.25, -0.2) is 9.37 Å². The van der Waals surface area contributed by atoms with Crippen LogP contribution in [-0.4, -0.2) is 14.9 Å². The Balaban J connectivity index is 1.78. The van der Waals surface area contributed by atoms with Crippen molar-refractivity contribution in [2.45, 2.75) is 23.9 Å². The number of ether oxygens (including phenoxy) is 1. The minimum absolute atomic E-state index is 0.0279. The third kappa shape index (κ3) is 6.24. The molecule has 0 amide bonds. The number of nitrogens with one attached hydrogen (secondary N) is 1. The summed E-state index contributed by atoms with van der Waals surface area (Å²) >= 11 is 0.648. The summed E-state index contributed by atoms with van der Waals surface area (Å²) < 4.78 is 99.3. The Kier molecular flexibility index (Phi) is 7.14. The number of nitrogens with zero attached hydrogens (tertiary/aromatic N) is 3. The van der Waals surface area contributed by atoms with Gasteiger partial charge in [-0.2, -0.15) is 31.3 Å². The molecule has 3 aromatic rings. The molecule has 0 aliphatic carbocycles. The first-order chi connectivity index (χ1) is 15.8. The molecule has 0 atom stereocenters. The molecule has 180 valence electrons. The fraction of sp³-hybridized carbons (Fsp3) is 0.158. The highest BCUT2D eigenvalue weighted by atomic mass is 32.2. The van der Waals surface area contributed by atoms with Gasteiger partial charge in [-0.15, -0.1) is 0 Å². The third-order valence-corrected chi connectivity index (χ3v) is 4.92. The van der Waals surface area contributed by atoms with E-state index in [1.165, 1.54) is 24.3 Å². The third-order valence-electron chi connectivity index (χ3n) is 4.06. The molecule has 1 N–H and O–H groups in total. The topological polar surface area (TPSA) is 90.2 Å². The first kappa shape index (κ1) is 25.0. The second-order valence-electron chi connectivity index (χ2n) is 6.48. The molecule has 34 heavy (non-hydrogen) atoms. The van der Waals surface area contributed by atoms with Crippen LogP contribution in [0.15, 0.2) is 53.6 Å². The largest absolute Gasteiger partial charge is 0.459 e. The Hall–Kier alpha value is -3.62. The number of para-hydroxylation sites is 1. The van der Waals surface area contributed by atoms with Gasteiger partial charge in [-0.05, 0) is 41.8 Å². The maximum atomic E-state index is 14.0. The molecule has 3 rings (SSSR count). The molecule has 0 unspecified atom stereocenters.